The van der Waals surface area contributed by atoms with Crippen LogP contribution in [0, 0.1) is 12.7 Å². The first-order valence-electron chi connectivity index (χ1n) is 6.34. The minimum Gasteiger partial charge on any atom is -0.480 e. The summed E-state index contributed by atoms with van der Waals surface area (Å²) in [5.74, 6) is -2.30. The molecule has 23 heavy (non-hydrogen) atoms. The number of nitrogens with zero attached hydrogens (tertiary/aromatic N) is 3. The zero-order valence-electron chi connectivity index (χ0n) is 11.7. The van der Waals surface area contributed by atoms with Gasteiger partial charge in [0.15, 0.2) is 0 Å². The molecule has 0 saturated carbocycles. The lowest BCUT2D eigenvalue weighted by Gasteiger charge is -2.10. The maximum Gasteiger partial charge on any atom is 0.355 e. The summed E-state index contributed by atoms with van der Waals surface area (Å²) in [6.45, 7) is -1.90. The predicted molar refractivity (Wildman–Crippen MR) is 74.8 cm³/mol. The highest BCUT2D eigenvalue weighted by molar-refractivity contribution is 6.29. The van der Waals surface area contributed by atoms with Crippen molar-refractivity contribution in [3.63, 3.8) is 0 Å². The van der Waals surface area contributed by atoms with Crippen LogP contribution in [0.2, 0.25) is 0 Å². The van der Waals surface area contributed by atoms with E-state index in [2.05, 4.69) is 5.10 Å². The molecule has 0 aliphatic carbocycles. The van der Waals surface area contributed by atoms with Crippen LogP contribution in [0.1, 0.15) is 17.9 Å². The van der Waals surface area contributed by atoms with Crippen molar-refractivity contribution in [1.29, 1.82) is 0 Å². The van der Waals surface area contributed by atoms with Crippen LogP contribution >= 0.6 is 11.6 Å². The van der Waals surface area contributed by atoms with E-state index in [0.29, 0.717) is 4.68 Å². The molecule has 1 heterocycles. The van der Waals surface area contributed by atoms with E-state index in [4.69, 9.17) is 16.7 Å². The van der Waals surface area contributed by atoms with Gasteiger partial charge < -0.3 is 5.11 Å². The largest absolute Gasteiger partial charge is 0.480 e. The van der Waals surface area contributed by atoms with Crippen molar-refractivity contribution in [2.24, 2.45) is 0 Å². The smallest absolute Gasteiger partial charge is 0.355 e. The lowest BCUT2D eigenvalue weighted by atomic mass is 10.1. The van der Waals surface area contributed by atoms with Gasteiger partial charge in [-0.1, -0.05) is 6.07 Å². The third kappa shape index (κ3) is 3.39. The number of carboxylic acid groups (broad SMARTS) is 1. The minimum absolute atomic E-state index is 0.135. The Kier molecular flexibility index (Phi) is 4.79. The molecule has 1 unspecified atom stereocenters. The van der Waals surface area contributed by atoms with Crippen molar-refractivity contribution in [3.05, 3.63) is 45.9 Å². The number of hydrogen-bond acceptors (Lipinski definition) is 3. The van der Waals surface area contributed by atoms with Crippen LogP contribution < -0.4 is 5.69 Å². The molecule has 2 rings (SSSR count). The number of carbonyl (C=O) groups is 1. The molecule has 0 bridgehead atoms. The standard InChI is InChI=1S/C13H11ClF3N3O3/c1-6-18-20(13(23)19(6)12(16)17)10-5-8(15)3-2-7(10)4-9(14)11(21)22/h2-3,5,9,12H,4H2,1H3,(H,21,22). The Hall–Kier alpha value is -2.29. The van der Waals surface area contributed by atoms with Crippen LogP contribution in [-0.4, -0.2) is 30.8 Å². The van der Waals surface area contributed by atoms with Gasteiger partial charge in [-0.15, -0.1) is 11.6 Å². The summed E-state index contributed by atoms with van der Waals surface area (Å²) in [6, 6.07) is 3.18. The summed E-state index contributed by atoms with van der Waals surface area (Å²) in [6.07, 6.45) is -0.237. The van der Waals surface area contributed by atoms with E-state index in [0.717, 1.165) is 12.1 Å². The molecule has 1 atom stereocenters. The number of alkyl halides is 3. The van der Waals surface area contributed by atoms with E-state index in [1.54, 1.807) is 0 Å². The lowest BCUT2D eigenvalue weighted by Crippen LogP contribution is -2.26. The summed E-state index contributed by atoms with van der Waals surface area (Å²) in [5.41, 5.74) is -1.11. The van der Waals surface area contributed by atoms with Crippen molar-refractivity contribution in [1.82, 2.24) is 14.3 Å². The van der Waals surface area contributed by atoms with Crippen LogP contribution in [0.3, 0.4) is 0 Å². The normalized spacial score (nSPS) is 12.6. The average molecular weight is 350 g/mol. The molecule has 6 nitrogen and oxygen atoms in total. The van der Waals surface area contributed by atoms with Crippen LogP contribution in [0.5, 0.6) is 0 Å². The first-order valence-corrected chi connectivity index (χ1v) is 6.78. The number of aromatic nitrogens is 3. The van der Waals surface area contributed by atoms with Gasteiger partial charge in [-0.2, -0.15) is 18.6 Å². The van der Waals surface area contributed by atoms with Crippen LogP contribution in [0.4, 0.5) is 13.2 Å². The van der Waals surface area contributed by atoms with Crippen molar-refractivity contribution >= 4 is 17.6 Å². The Bertz CT molecular complexity index is 803. The van der Waals surface area contributed by atoms with E-state index >= 15 is 0 Å². The maximum absolute atomic E-state index is 13.5. The summed E-state index contributed by atoms with van der Waals surface area (Å²) in [7, 11) is 0. The summed E-state index contributed by atoms with van der Waals surface area (Å²) in [5, 5.41) is 11.2. The number of hydrogen-bond donors (Lipinski definition) is 1. The topological polar surface area (TPSA) is 77.1 Å². The third-order valence-corrected chi connectivity index (χ3v) is 3.46. The number of carboxylic acids is 1. The summed E-state index contributed by atoms with van der Waals surface area (Å²) in [4.78, 5) is 22.9. The third-order valence-electron chi connectivity index (χ3n) is 3.12. The van der Waals surface area contributed by atoms with E-state index in [1.807, 2.05) is 0 Å². The molecule has 0 radical (unpaired) electrons. The number of aliphatic carboxylic acids is 1. The molecule has 10 heteroatoms. The Balaban J connectivity index is 2.59. The van der Waals surface area contributed by atoms with Gasteiger partial charge in [0.05, 0.1) is 5.69 Å². The molecule has 0 saturated heterocycles. The molecular weight excluding hydrogens is 339 g/mol. The Morgan fingerprint density at radius 2 is 2.09 bits per heavy atom. The Morgan fingerprint density at radius 3 is 2.61 bits per heavy atom. The summed E-state index contributed by atoms with van der Waals surface area (Å²) >= 11 is 5.65. The average Bonchev–Trinajstić information content (AvgIpc) is 2.75. The number of halogens is 4. The van der Waals surface area contributed by atoms with Crippen LogP contribution in [0.25, 0.3) is 5.69 Å². The Morgan fingerprint density at radius 1 is 1.43 bits per heavy atom. The molecule has 0 amide bonds. The molecular formula is C13H11ClF3N3O3. The highest BCUT2D eigenvalue weighted by atomic mass is 35.5. The second kappa shape index (κ2) is 6.45. The Labute approximate surface area is 132 Å². The van der Waals surface area contributed by atoms with E-state index in [-0.39, 0.29) is 28.1 Å². The fourth-order valence-corrected chi connectivity index (χ4v) is 2.21. The molecule has 1 aromatic carbocycles. The van der Waals surface area contributed by atoms with Gasteiger partial charge in [-0.3, -0.25) is 4.79 Å². The van der Waals surface area contributed by atoms with E-state index in [9.17, 15) is 22.8 Å². The second-order valence-corrected chi connectivity index (χ2v) is 5.20. The molecule has 0 aliphatic rings. The number of rotatable bonds is 5. The fourth-order valence-electron chi connectivity index (χ4n) is 2.04. The molecule has 0 aliphatic heterocycles. The van der Waals surface area contributed by atoms with Gasteiger partial charge in [-0.25, -0.2) is 13.8 Å². The predicted octanol–water partition coefficient (Wildman–Crippen LogP) is 2.11. The first kappa shape index (κ1) is 17.1. The van der Waals surface area contributed by atoms with Crippen LogP contribution in [-0.2, 0) is 11.2 Å². The van der Waals surface area contributed by atoms with Gasteiger partial charge in [0.25, 0.3) is 0 Å². The lowest BCUT2D eigenvalue weighted by molar-refractivity contribution is -0.136. The molecule has 1 aromatic heterocycles. The molecule has 0 spiro atoms. The van der Waals surface area contributed by atoms with Gasteiger partial charge in [0.2, 0.25) is 0 Å². The maximum atomic E-state index is 13.5. The first-order chi connectivity index (χ1) is 10.7. The molecule has 2 aromatic rings. The zero-order valence-corrected chi connectivity index (χ0v) is 12.5. The minimum atomic E-state index is -3.10. The zero-order chi connectivity index (χ0) is 17.3. The fraction of sp³-hybridized carbons (Fsp3) is 0.308. The molecule has 1 N–H and O–H groups in total. The SMILES string of the molecule is Cc1nn(-c2cc(F)ccc2CC(Cl)C(=O)O)c(=O)n1C(F)F. The van der Waals surface area contributed by atoms with Crippen molar-refractivity contribution in [3.8, 4) is 5.69 Å². The van der Waals surface area contributed by atoms with Crippen molar-refractivity contribution in [2.45, 2.75) is 25.3 Å². The second-order valence-electron chi connectivity index (χ2n) is 4.67. The molecule has 124 valence electrons. The number of benzene rings is 1. The van der Waals surface area contributed by atoms with Gasteiger partial charge >= 0.3 is 18.2 Å². The quantitative estimate of drug-likeness (QED) is 0.839. The number of aryl methyl sites for hydroxylation is 1. The van der Waals surface area contributed by atoms with Gasteiger partial charge in [0.1, 0.15) is 17.0 Å². The highest BCUT2D eigenvalue weighted by Crippen LogP contribution is 2.19. The summed E-state index contributed by atoms with van der Waals surface area (Å²) < 4.78 is 39.9. The molecule has 0 fully saturated rings. The van der Waals surface area contributed by atoms with Crippen molar-refractivity contribution < 1.29 is 23.1 Å². The van der Waals surface area contributed by atoms with E-state index < -0.39 is 29.4 Å². The van der Waals surface area contributed by atoms with Crippen molar-refractivity contribution in [2.75, 3.05) is 0 Å². The monoisotopic (exact) mass is 349 g/mol. The highest BCUT2D eigenvalue weighted by Gasteiger charge is 2.22. The van der Waals surface area contributed by atoms with E-state index in [1.165, 1.54) is 13.0 Å². The van der Waals surface area contributed by atoms with Crippen LogP contribution in [0.15, 0.2) is 23.0 Å². The van der Waals surface area contributed by atoms with Gasteiger partial charge in [0, 0.05) is 12.5 Å². The van der Waals surface area contributed by atoms with Gasteiger partial charge in [-0.05, 0) is 18.6 Å².